The molecule has 2 aliphatic heterocycles. The Hall–Kier alpha value is -3.82. The first-order chi connectivity index (χ1) is 17.0. The Kier molecular flexibility index (Phi) is 5.23. The molecule has 1 atom stereocenters. The Morgan fingerprint density at radius 1 is 1.06 bits per heavy atom. The van der Waals surface area contributed by atoms with Crippen LogP contribution >= 0.6 is 0 Å². The van der Waals surface area contributed by atoms with E-state index >= 15 is 0 Å². The summed E-state index contributed by atoms with van der Waals surface area (Å²) in [4.78, 5) is 11.6. The third-order valence-electron chi connectivity index (χ3n) is 7.05. The van der Waals surface area contributed by atoms with E-state index < -0.39 is 5.66 Å². The van der Waals surface area contributed by atoms with E-state index in [0.717, 1.165) is 59.6 Å². The Morgan fingerprint density at radius 2 is 1.89 bits per heavy atom. The molecule has 6 rings (SSSR count). The fourth-order valence-corrected chi connectivity index (χ4v) is 5.00. The molecule has 1 saturated heterocycles. The molecule has 9 nitrogen and oxygen atoms in total. The zero-order valence-corrected chi connectivity index (χ0v) is 19.8. The Labute approximate surface area is 203 Å². The highest BCUT2D eigenvalue weighted by Gasteiger charge is 2.42. The summed E-state index contributed by atoms with van der Waals surface area (Å²) in [7, 11) is 3.79. The van der Waals surface area contributed by atoms with Crippen LogP contribution in [0.1, 0.15) is 35.7 Å². The molecule has 0 bridgehead atoms. The van der Waals surface area contributed by atoms with Gasteiger partial charge in [0, 0.05) is 37.3 Å². The largest absolute Gasteiger partial charge is 0.457 e. The summed E-state index contributed by atoms with van der Waals surface area (Å²) >= 11 is 0. The number of aryl methyl sites for hydroxylation is 1. The van der Waals surface area contributed by atoms with Gasteiger partial charge in [0.2, 0.25) is 0 Å². The molecule has 2 aromatic heterocycles. The predicted octanol–water partition coefficient (Wildman–Crippen LogP) is 3.39. The zero-order chi connectivity index (χ0) is 24.0. The monoisotopic (exact) mass is 468 g/mol. The SMILES string of the molecule is CN1C=Nc2ccc(C3CCNCC3)nc2C1(N)c1ccccc1Oc1ccc2c(c1)nnn2C. The van der Waals surface area contributed by atoms with E-state index in [1.807, 2.05) is 67.5 Å². The van der Waals surface area contributed by atoms with Crippen LogP contribution in [0.25, 0.3) is 11.0 Å². The molecule has 2 aliphatic rings. The second-order valence-corrected chi connectivity index (χ2v) is 9.21. The average Bonchev–Trinajstić information content (AvgIpc) is 3.27. The molecule has 0 aliphatic carbocycles. The van der Waals surface area contributed by atoms with Crippen LogP contribution in [0.3, 0.4) is 0 Å². The maximum Gasteiger partial charge on any atom is 0.165 e. The molecule has 1 fully saturated rings. The first-order valence-electron chi connectivity index (χ1n) is 11.9. The van der Waals surface area contributed by atoms with Crippen LogP contribution in [0.2, 0.25) is 0 Å². The molecule has 3 N–H and O–H groups in total. The van der Waals surface area contributed by atoms with Gasteiger partial charge in [-0.05, 0) is 56.3 Å². The van der Waals surface area contributed by atoms with Gasteiger partial charge in [-0.25, -0.2) is 9.67 Å². The van der Waals surface area contributed by atoms with Crippen molar-refractivity contribution in [2.75, 3.05) is 20.1 Å². The lowest BCUT2D eigenvalue weighted by molar-refractivity contribution is 0.258. The molecule has 35 heavy (non-hydrogen) atoms. The first kappa shape index (κ1) is 21.7. The van der Waals surface area contributed by atoms with Crippen molar-refractivity contribution in [1.82, 2.24) is 30.2 Å². The molecule has 0 spiro atoms. The van der Waals surface area contributed by atoms with Crippen LogP contribution in [0.15, 0.2) is 59.6 Å². The molecule has 178 valence electrons. The number of aromatic nitrogens is 4. The second kappa shape index (κ2) is 8.44. The number of aliphatic imine (C=N–C) groups is 1. The molecule has 4 heterocycles. The zero-order valence-electron chi connectivity index (χ0n) is 19.8. The standard InChI is InChI=1S/C26H28N8O/c1-33-16-29-21-9-8-20(17-11-13-28-14-12-17)30-25(21)26(33,27)19-5-3-4-6-24(19)35-18-7-10-23-22(15-18)31-32-34(23)2/h3-10,15-17,28H,11-14,27H2,1-2H3. The number of rotatable bonds is 4. The lowest BCUT2D eigenvalue weighted by atomic mass is 9.89. The number of benzene rings is 2. The number of fused-ring (bicyclic) bond motifs is 2. The van der Waals surface area contributed by atoms with E-state index in [0.29, 0.717) is 17.4 Å². The third kappa shape index (κ3) is 3.64. The molecular weight excluding hydrogens is 440 g/mol. The van der Waals surface area contributed by atoms with Crippen LogP contribution in [-0.4, -0.2) is 51.4 Å². The normalized spacial score (nSPS) is 20.3. The molecule has 4 aromatic rings. The molecule has 0 saturated carbocycles. The van der Waals surface area contributed by atoms with Gasteiger partial charge in [0.25, 0.3) is 0 Å². The molecule has 9 heteroatoms. The van der Waals surface area contributed by atoms with Gasteiger partial charge < -0.3 is 15.0 Å². The van der Waals surface area contributed by atoms with E-state index in [2.05, 4.69) is 26.7 Å². The van der Waals surface area contributed by atoms with E-state index in [1.54, 1.807) is 11.0 Å². The predicted molar refractivity (Wildman–Crippen MR) is 135 cm³/mol. The van der Waals surface area contributed by atoms with Crippen molar-refractivity contribution >= 4 is 23.1 Å². The number of ether oxygens (including phenoxy) is 1. The summed E-state index contributed by atoms with van der Waals surface area (Å²) in [5.74, 6) is 1.73. The Morgan fingerprint density at radius 3 is 2.74 bits per heavy atom. The summed E-state index contributed by atoms with van der Waals surface area (Å²) in [6.07, 6.45) is 3.89. The lowest BCUT2D eigenvalue weighted by Crippen LogP contribution is -2.53. The van der Waals surface area contributed by atoms with Crippen molar-refractivity contribution in [1.29, 1.82) is 0 Å². The highest BCUT2D eigenvalue weighted by Crippen LogP contribution is 2.43. The van der Waals surface area contributed by atoms with Gasteiger partial charge in [-0.15, -0.1) is 5.10 Å². The van der Waals surface area contributed by atoms with Crippen LogP contribution in [0, 0.1) is 0 Å². The van der Waals surface area contributed by atoms with Crippen LogP contribution < -0.4 is 15.8 Å². The summed E-state index contributed by atoms with van der Waals surface area (Å²) in [5, 5.41) is 11.7. The van der Waals surface area contributed by atoms with Crippen LogP contribution in [0.4, 0.5) is 5.69 Å². The van der Waals surface area contributed by atoms with Gasteiger partial charge in [0.1, 0.15) is 22.7 Å². The molecular formula is C26H28N8O. The van der Waals surface area contributed by atoms with Gasteiger partial charge in [-0.1, -0.05) is 23.4 Å². The quantitative estimate of drug-likeness (QED) is 0.473. The van der Waals surface area contributed by atoms with Gasteiger partial charge >= 0.3 is 0 Å². The van der Waals surface area contributed by atoms with Crippen molar-refractivity contribution in [2.24, 2.45) is 17.8 Å². The van der Waals surface area contributed by atoms with Crippen molar-refractivity contribution < 1.29 is 4.74 Å². The smallest absolute Gasteiger partial charge is 0.165 e. The number of para-hydroxylation sites is 1. The number of hydrogen-bond acceptors (Lipinski definition) is 8. The van der Waals surface area contributed by atoms with Crippen molar-refractivity contribution in [3.63, 3.8) is 0 Å². The summed E-state index contributed by atoms with van der Waals surface area (Å²) in [6, 6.07) is 17.7. The van der Waals surface area contributed by atoms with Gasteiger partial charge in [-0.3, -0.25) is 10.7 Å². The van der Waals surface area contributed by atoms with Crippen LogP contribution in [0.5, 0.6) is 11.5 Å². The van der Waals surface area contributed by atoms with Crippen molar-refractivity contribution in [3.8, 4) is 11.5 Å². The summed E-state index contributed by atoms with van der Waals surface area (Å²) < 4.78 is 8.13. The van der Waals surface area contributed by atoms with E-state index in [9.17, 15) is 0 Å². The Bertz CT molecular complexity index is 1420. The number of nitrogens with one attached hydrogen (secondary N) is 1. The number of pyridine rings is 1. The number of hydrogen-bond donors (Lipinski definition) is 2. The minimum absolute atomic E-state index is 0.409. The highest BCUT2D eigenvalue weighted by molar-refractivity contribution is 5.76. The summed E-state index contributed by atoms with van der Waals surface area (Å²) in [5.41, 5.74) is 11.3. The van der Waals surface area contributed by atoms with Crippen LogP contribution in [-0.2, 0) is 12.7 Å². The second-order valence-electron chi connectivity index (χ2n) is 9.21. The van der Waals surface area contributed by atoms with E-state index in [1.165, 1.54) is 0 Å². The van der Waals surface area contributed by atoms with Crippen molar-refractivity contribution in [2.45, 2.75) is 24.4 Å². The van der Waals surface area contributed by atoms with Crippen molar-refractivity contribution in [3.05, 3.63) is 71.5 Å². The molecule has 0 amide bonds. The topological polar surface area (TPSA) is 106 Å². The maximum atomic E-state index is 7.24. The average molecular weight is 469 g/mol. The minimum atomic E-state index is -1.05. The summed E-state index contributed by atoms with van der Waals surface area (Å²) in [6.45, 7) is 2.00. The highest BCUT2D eigenvalue weighted by atomic mass is 16.5. The fraction of sp³-hybridized carbons (Fsp3) is 0.308. The van der Waals surface area contributed by atoms with E-state index in [-0.39, 0.29) is 0 Å². The maximum absolute atomic E-state index is 7.24. The third-order valence-corrected chi connectivity index (χ3v) is 7.05. The lowest BCUT2D eigenvalue weighted by Gasteiger charge is -2.41. The first-order valence-corrected chi connectivity index (χ1v) is 11.9. The molecule has 2 aromatic carbocycles. The fourth-order valence-electron chi connectivity index (χ4n) is 5.00. The van der Waals surface area contributed by atoms with Gasteiger partial charge in [0.05, 0.1) is 17.5 Å². The number of piperidine rings is 1. The van der Waals surface area contributed by atoms with E-state index in [4.69, 9.17) is 15.5 Å². The van der Waals surface area contributed by atoms with Gasteiger partial charge in [-0.2, -0.15) is 0 Å². The molecule has 0 radical (unpaired) electrons. The Balaban J connectivity index is 1.43. The number of nitrogens with zero attached hydrogens (tertiary/aromatic N) is 6. The number of nitrogens with two attached hydrogens (primary N) is 1. The molecule has 1 unspecified atom stereocenters. The van der Waals surface area contributed by atoms with Gasteiger partial charge in [0.15, 0.2) is 5.66 Å². The minimum Gasteiger partial charge on any atom is -0.457 e.